The fourth-order valence-corrected chi connectivity index (χ4v) is 2.27. The van der Waals surface area contributed by atoms with E-state index in [0.29, 0.717) is 16.7 Å². The fourth-order valence-electron chi connectivity index (χ4n) is 1.83. The molecule has 6 heteroatoms. The Morgan fingerprint density at radius 2 is 2.24 bits per heavy atom. The SMILES string of the molecule is C#CCn1ncc(NCc2ccccc2OC)c(Br)c1=O. The van der Waals surface area contributed by atoms with Crippen molar-refractivity contribution in [1.29, 1.82) is 0 Å². The number of methoxy groups -OCH3 is 1. The van der Waals surface area contributed by atoms with Gasteiger partial charge in [0, 0.05) is 12.1 Å². The molecule has 0 aliphatic heterocycles. The number of para-hydroxylation sites is 1. The van der Waals surface area contributed by atoms with Gasteiger partial charge in [0.2, 0.25) is 0 Å². The highest BCUT2D eigenvalue weighted by Crippen LogP contribution is 2.21. The first-order chi connectivity index (χ1) is 10.2. The van der Waals surface area contributed by atoms with Crippen molar-refractivity contribution in [2.75, 3.05) is 12.4 Å². The van der Waals surface area contributed by atoms with Gasteiger partial charge in [0.1, 0.15) is 16.8 Å². The molecule has 0 saturated heterocycles. The molecule has 0 aliphatic carbocycles. The number of anilines is 1. The molecule has 1 aromatic heterocycles. The van der Waals surface area contributed by atoms with E-state index in [1.807, 2.05) is 24.3 Å². The summed E-state index contributed by atoms with van der Waals surface area (Å²) >= 11 is 3.27. The summed E-state index contributed by atoms with van der Waals surface area (Å²) in [5, 5.41) is 7.18. The molecule has 0 radical (unpaired) electrons. The van der Waals surface area contributed by atoms with Crippen LogP contribution in [-0.2, 0) is 13.1 Å². The molecule has 0 amide bonds. The normalized spacial score (nSPS) is 9.95. The first-order valence-electron chi connectivity index (χ1n) is 6.22. The number of halogens is 1. The number of hydrogen-bond acceptors (Lipinski definition) is 4. The first-order valence-corrected chi connectivity index (χ1v) is 7.01. The van der Waals surface area contributed by atoms with Crippen molar-refractivity contribution in [2.24, 2.45) is 0 Å². The van der Waals surface area contributed by atoms with Gasteiger partial charge in [-0.2, -0.15) is 5.10 Å². The molecular weight excluding hydrogens is 334 g/mol. The Morgan fingerprint density at radius 1 is 1.48 bits per heavy atom. The van der Waals surface area contributed by atoms with E-state index >= 15 is 0 Å². The zero-order valence-corrected chi connectivity index (χ0v) is 13.1. The van der Waals surface area contributed by atoms with Gasteiger partial charge in [-0.05, 0) is 22.0 Å². The van der Waals surface area contributed by atoms with Gasteiger partial charge < -0.3 is 10.1 Å². The first kappa shape index (κ1) is 15.1. The zero-order valence-electron chi connectivity index (χ0n) is 11.5. The van der Waals surface area contributed by atoms with E-state index in [-0.39, 0.29) is 12.1 Å². The average molecular weight is 348 g/mol. The Bertz CT molecular complexity index is 734. The van der Waals surface area contributed by atoms with Crippen molar-refractivity contribution in [2.45, 2.75) is 13.1 Å². The van der Waals surface area contributed by atoms with Gasteiger partial charge in [0.05, 0.1) is 19.0 Å². The van der Waals surface area contributed by atoms with Gasteiger partial charge in [-0.25, -0.2) is 4.68 Å². The van der Waals surface area contributed by atoms with Crippen molar-refractivity contribution in [3.63, 3.8) is 0 Å². The maximum absolute atomic E-state index is 12.0. The monoisotopic (exact) mass is 347 g/mol. The summed E-state index contributed by atoms with van der Waals surface area (Å²) in [5.41, 5.74) is 1.33. The fraction of sp³-hybridized carbons (Fsp3) is 0.200. The predicted octanol–water partition coefficient (Wildman–Crippen LogP) is 2.26. The number of terminal acetylenes is 1. The molecule has 0 fully saturated rings. The van der Waals surface area contributed by atoms with E-state index in [4.69, 9.17) is 11.2 Å². The van der Waals surface area contributed by atoms with Crippen LogP contribution in [0.15, 0.2) is 39.7 Å². The lowest BCUT2D eigenvalue weighted by Gasteiger charge is -2.11. The second kappa shape index (κ2) is 6.95. The molecule has 0 aliphatic rings. The lowest BCUT2D eigenvalue weighted by molar-refractivity contribution is 0.410. The van der Waals surface area contributed by atoms with Gasteiger partial charge in [0.15, 0.2) is 0 Å². The van der Waals surface area contributed by atoms with Crippen molar-refractivity contribution in [3.8, 4) is 18.1 Å². The van der Waals surface area contributed by atoms with Crippen LogP contribution in [0.2, 0.25) is 0 Å². The highest BCUT2D eigenvalue weighted by molar-refractivity contribution is 9.10. The highest BCUT2D eigenvalue weighted by atomic mass is 79.9. The third-order valence-corrected chi connectivity index (χ3v) is 3.65. The summed E-state index contributed by atoms with van der Waals surface area (Å²) < 4.78 is 6.91. The Kier molecular flexibility index (Phi) is 5.01. The number of rotatable bonds is 5. The van der Waals surface area contributed by atoms with Crippen LogP contribution in [0, 0.1) is 12.3 Å². The van der Waals surface area contributed by atoms with Crippen molar-refractivity contribution >= 4 is 21.6 Å². The van der Waals surface area contributed by atoms with Crippen LogP contribution in [0.4, 0.5) is 5.69 Å². The number of hydrogen-bond donors (Lipinski definition) is 1. The van der Waals surface area contributed by atoms with Crippen molar-refractivity contribution < 1.29 is 4.74 Å². The van der Waals surface area contributed by atoms with Crippen LogP contribution in [-0.4, -0.2) is 16.9 Å². The second-order valence-corrected chi connectivity index (χ2v) is 5.00. The Hall–Kier alpha value is -2.26. The molecule has 21 heavy (non-hydrogen) atoms. The van der Waals surface area contributed by atoms with Crippen molar-refractivity contribution in [3.05, 3.63) is 50.9 Å². The molecule has 2 rings (SSSR count). The molecule has 1 heterocycles. The summed E-state index contributed by atoms with van der Waals surface area (Å²) in [4.78, 5) is 12.0. The van der Waals surface area contributed by atoms with Crippen LogP contribution < -0.4 is 15.6 Å². The van der Waals surface area contributed by atoms with E-state index in [1.54, 1.807) is 13.3 Å². The van der Waals surface area contributed by atoms with Gasteiger partial charge >= 0.3 is 0 Å². The summed E-state index contributed by atoms with van der Waals surface area (Å²) in [6, 6.07) is 7.67. The van der Waals surface area contributed by atoms with Crippen LogP contribution in [0.1, 0.15) is 5.56 Å². The van der Waals surface area contributed by atoms with E-state index in [9.17, 15) is 4.79 Å². The maximum Gasteiger partial charge on any atom is 0.284 e. The number of benzene rings is 1. The molecule has 1 aromatic carbocycles. The summed E-state index contributed by atoms with van der Waals surface area (Å²) in [6.07, 6.45) is 6.76. The minimum atomic E-state index is -0.266. The quantitative estimate of drug-likeness (QED) is 0.843. The lowest BCUT2D eigenvalue weighted by Crippen LogP contribution is -2.24. The second-order valence-electron chi connectivity index (χ2n) is 4.20. The topological polar surface area (TPSA) is 56.1 Å². The van der Waals surface area contributed by atoms with E-state index in [2.05, 4.69) is 32.3 Å². The predicted molar refractivity (Wildman–Crippen MR) is 85.4 cm³/mol. The summed E-state index contributed by atoms with van der Waals surface area (Å²) in [7, 11) is 1.62. The third kappa shape index (κ3) is 3.44. The van der Waals surface area contributed by atoms with Crippen LogP contribution in [0.25, 0.3) is 0 Å². The van der Waals surface area contributed by atoms with Crippen LogP contribution >= 0.6 is 15.9 Å². The Labute approximate surface area is 131 Å². The number of nitrogens with one attached hydrogen (secondary N) is 1. The van der Waals surface area contributed by atoms with Gasteiger partial charge in [-0.1, -0.05) is 24.1 Å². The summed E-state index contributed by atoms with van der Waals surface area (Å²) in [5.74, 6) is 3.17. The van der Waals surface area contributed by atoms with Gasteiger partial charge in [-0.3, -0.25) is 4.79 Å². The third-order valence-electron chi connectivity index (χ3n) is 2.89. The molecule has 0 spiro atoms. The standard InChI is InChI=1S/C15H14BrN3O2/c1-3-8-19-15(20)14(16)12(10-18-19)17-9-11-6-4-5-7-13(11)21-2/h1,4-7,10,17H,8-9H2,2H3. The van der Waals surface area contributed by atoms with Crippen LogP contribution in [0.5, 0.6) is 5.75 Å². The Balaban J connectivity index is 2.20. The number of aromatic nitrogens is 2. The zero-order chi connectivity index (χ0) is 15.2. The Morgan fingerprint density at radius 3 is 2.95 bits per heavy atom. The smallest absolute Gasteiger partial charge is 0.284 e. The minimum Gasteiger partial charge on any atom is -0.496 e. The largest absolute Gasteiger partial charge is 0.496 e. The molecule has 108 valence electrons. The highest BCUT2D eigenvalue weighted by Gasteiger charge is 2.09. The summed E-state index contributed by atoms with van der Waals surface area (Å²) in [6.45, 7) is 0.660. The molecule has 1 N–H and O–H groups in total. The molecular formula is C15H14BrN3O2. The number of ether oxygens (including phenoxy) is 1. The molecule has 0 atom stereocenters. The molecule has 0 bridgehead atoms. The average Bonchev–Trinajstić information content (AvgIpc) is 2.51. The van der Waals surface area contributed by atoms with E-state index < -0.39 is 0 Å². The molecule has 0 unspecified atom stereocenters. The van der Waals surface area contributed by atoms with Crippen molar-refractivity contribution in [1.82, 2.24) is 9.78 Å². The van der Waals surface area contributed by atoms with Gasteiger partial charge in [-0.15, -0.1) is 6.42 Å². The maximum atomic E-state index is 12.0. The molecule has 0 saturated carbocycles. The number of nitrogens with zero attached hydrogens (tertiary/aromatic N) is 2. The molecule has 5 nitrogen and oxygen atoms in total. The van der Waals surface area contributed by atoms with E-state index in [0.717, 1.165) is 11.3 Å². The lowest BCUT2D eigenvalue weighted by atomic mass is 10.2. The minimum absolute atomic E-state index is 0.143. The van der Waals surface area contributed by atoms with E-state index in [1.165, 1.54) is 4.68 Å². The molecule has 2 aromatic rings. The van der Waals surface area contributed by atoms with Crippen LogP contribution in [0.3, 0.4) is 0 Å². The van der Waals surface area contributed by atoms with Gasteiger partial charge in [0.25, 0.3) is 5.56 Å².